The molecule has 1 aliphatic rings. The van der Waals surface area contributed by atoms with Gasteiger partial charge in [0.1, 0.15) is 0 Å². The minimum atomic E-state index is -0.431. The van der Waals surface area contributed by atoms with E-state index in [1.807, 2.05) is 18.2 Å². The molecule has 94 valence electrons. The van der Waals surface area contributed by atoms with Gasteiger partial charge in [0.25, 0.3) is 5.91 Å². The highest BCUT2D eigenvalue weighted by atomic mass is 32.2. The second kappa shape index (κ2) is 5.27. The van der Waals surface area contributed by atoms with Gasteiger partial charge in [0.15, 0.2) is 0 Å². The first kappa shape index (κ1) is 12.7. The number of esters is 1. The smallest absolute Gasteiger partial charge is 0.333 e. The van der Waals surface area contributed by atoms with E-state index in [9.17, 15) is 9.59 Å². The van der Waals surface area contributed by atoms with Gasteiger partial charge in [0.05, 0.1) is 23.3 Å². The van der Waals surface area contributed by atoms with Crippen LogP contribution in [0, 0.1) is 0 Å². The van der Waals surface area contributed by atoms with Crippen molar-refractivity contribution in [1.82, 2.24) is 4.90 Å². The fourth-order valence-electron chi connectivity index (χ4n) is 1.61. The minimum Gasteiger partial charge on any atom is -0.463 e. The Bertz CT molecular complexity index is 525. The van der Waals surface area contributed by atoms with Gasteiger partial charge in [-0.15, -0.1) is 0 Å². The first-order valence-electron chi connectivity index (χ1n) is 5.57. The van der Waals surface area contributed by atoms with Crippen LogP contribution >= 0.6 is 11.8 Å². The molecule has 4 nitrogen and oxygen atoms in total. The number of amides is 1. The van der Waals surface area contributed by atoms with Crippen molar-refractivity contribution in [3.63, 3.8) is 0 Å². The molecule has 0 N–H and O–H groups in total. The summed E-state index contributed by atoms with van der Waals surface area (Å²) in [4.78, 5) is 25.8. The van der Waals surface area contributed by atoms with Gasteiger partial charge in [-0.25, -0.2) is 4.79 Å². The molecule has 1 amide bonds. The normalized spacial score (nSPS) is 16.7. The molecule has 18 heavy (non-hydrogen) atoms. The first-order chi connectivity index (χ1) is 8.63. The quantitative estimate of drug-likeness (QED) is 0.606. The third-order valence-electron chi connectivity index (χ3n) is 2.50. The number of carbonyl (C=O) groups is 2. The molecular formula is C13H13NO3S. The molecule has 0 saturated heterocycles. The van der Waals surface area contributed by atoms with E-state index in [1.165, 1.54) is 22.7 Å². The number of carbonyl (C=O) groups excluding carboxylic acids is 2. The summed E-state index contributed by atoms with van der Waals surface area (Å²) in [5, 5.41) is 0.581. The molecule has 1 aliphatic heterocycles. The summed E-state index contributed by atoms with van der Waals surface area (Å²) in [5.74, 6) is -0.543. The highest BCUT2D eigenvalue weighted by Crippen LogP contribution is 2.37. The molecular weight excluding hydrogens is 250 g/mol. The zero-order chi connectivity index (χ0) is 13.1. The molecule has 0 radical (unpaired) electrons. The molecule has 0 aliphatic carbocycles. The second-order valence-corrected chi connectivity index (χ2v) is 4.76. The fraction of sp³-hybridized carbons (Fsp3) is 0.231. The largest absolute Gasteiger partial charge is 0.463 e. The molecule has 0 fully saturated rings. The van der Waals surface area contributed by atoms with Gasteiger partial charge < -0.3 is 9.64 Å². The van der Waals surface area contributed by atoms with Gasteiger partial charge in [-0.3, -0.25) is 4.79 Å². The van der Waals surface area contributed by atoms with E-state index in [2.05, 4.69) is 0 Å². The molecule has 0 saturated carbocycles. The average molecular weight is 263 g/mol. The number of thioether (sulfide) groups is 1. The predicted octanol–water partition coefficient (Wildman–Crippen LogP) is 2.27. The summed E-state index contributed by atoms with van der Waals surface area (Å²) in [6, 6.07) is 7.34. The Morgan fingerprint density at radius 3 is 2.89 bits per heavy atom. The van der Waals surface area contributed by atoms with Crippen LogP contribution in [0.2, 0.25) is 0 Å². The van der Waals surface area contributed by atoms with Crippen LogP contribution in [0.1, 0.15) is 17.3 Å². The van der Waals surface area contributed by atoms with Gasteiger partial charge in [0, 0.05) is 11.9 Å². The molecule has 0 atom stereocenters. The lowest BCUT2D eigenvalue weighted by atomic mass is 10.2. The third-order valence-corrected chi connectivity index (χ3v) is 3.67. The van der Waals surface area contributed by atoms with E-state index in [-0.39, 0.29) is 5.91 Å². The Labute approximate surface area is 110 Å². The topological polar surface area (TPSA) is 46.6 Å². The Morgan fingerprint density at radius 1 is 1.44 bits per heavy atom. The number of hydrogen-bond acceptors (Lipinski definition) is 4. The second-order valence-electron chi connectivity index (χ2n) is 3.70. The number of benzene rings is 1. The number of hydrogen-bond donors (Lipinski definition) is 0. The van der Waals surface area contributed by atoms with Crippen LogP contribution in [-0.4, -0.2) is 30.4 Å². The van der Waals surface area contributed by atoms with Crippen LogP contribution in [0.25, 0.3) is 0 Å². The van der Waals surface area contributed by atoms with E-state index >= 15 is 0 Å². The van der Waals surface area contributed by atoms with Gasteiger partial charge in [-0.2, -0.15) is 0 Å². The lowest BCUT2D eigenvalue weighted by molar-refractivity contribution is -0.137. The van der Waals surface area contributed by atoms with Crippen molar-refractivity contribution < 1.29 is 14.3 Å². The monoisotopic (exact) mass is 263 g/mol. The zero-order valence-corrected chi connectivity index (χ0v) is 11.0. The summed E-state index contributed by atoms with van der Waals surface area (Å²) in [6.07, 6.45) is 1.35. The lowest BCUT2D eigenvalue weighted by Crippen LogP contribution is -2.29. The number of nitrogens with zero attached hydrogens (tertiary/aromatic N) is 1. The van der Waals surface area contributed by atoms with Crippen LogP contribution in [0.4, 0.5) is 0 Å². The van der Waals surface area contributed by atoms with Crippen LogP contribution in [0.5, 0.6) is 0 Å². The van der Waals surface area contributed by atoms with Crippen LogP contribution in [0.3, 0.4) is 0 Å². The van der Waals surface area contributed by atoms with E-state index in [1.54, 1.807) is 20.0 Å². The minimum absolute atomic E-state index is 0.111. The molecule has 0 bridgehead atoms. The van der Waals surface area contributed by atoms with Crippen molar-refractivity contribution in [2.75, 3.05) is 13.7 Å². The highest BCUT2D eigenvalue weighted by molar-refractivity contribution is 8.03. The Balaban J connectivity index is 2.32. The molecule has 1 aromatic rings. The summed E-state index contributed by atoms with van der Waals surface area (Å²) >= 11 is 1.39. The average Bonchev–Trinajstić information content (AvgIpc) is 2.36. The molecule has 1 heterocycles. The molecule has 5 heteroatoms. The number of rotatable bonds is 2. The SMILES string of the molecule is CCOC(=O)/C=C1/Sc2ccccc2C(=O)N1C. The van der Waals surface area contributed by atoms with E-state index in [4.69, 9.17) is 4.74 Å². The fourth-order valence-corrected chi connectivity index (χ4v) is 2.62. The molecule has 1 aromatic carbocycles. The van der Waals surface area contributed by atoms with Crippen molar-refractivity contribution >= 4 is 23.6 Å². The van der Waals surface area contributed by atoms with Crippen molar-refractivity contribution in [3.8, 4) is 0 Å². The van der Waals surface area contributed by atoms with Crippen molar-refractivity contribution in [2.24, 2.45) is 0 Å². The van der Waals surface area contributed by atoms with Crippen LogP contribution in [-0.2, 0) is 9.53 Å². The Kier molecular flexibility index (Phi) is 3.72. The molecule has 0 aromatic heterocycles. The van der Waals surface area contributed by atoms with Crippen molar-refractivity contribution in [3.05, 3.63) is 40.9 Å². The Hall–Kier alpha value is -1.75. The van der Waals surface area contributed by atoms with E-state index in [0.29, 0.717) is 17.2 Å². The number of ether oxygens (including phenoxy) is 1. The van der Waals surface area contributed by atoms with Gasteiger partial charge in [0.2, 0.25) is 0 Å². The standard InChI is InChI=1S/C13H13NO3S/c1-3-17-12(15)8-11-14(2)13(16)9-6-4-5-7-10(9)18-11/h4-8H,3H2,1-2H3/b11-8+. The Morgan fingerprint density at radius 2 is 2.17 bits per heavy atom. The summed E-state index contributed by atoms with van der Waals surface area (Å²) in [6.45, 7) is 2.07. The predicted molar refractivity (Wildman–Crippen MR) is 69.1 cm³/mol. The van der Waals surface area contributed by atoms with Crippen LogP contribution < -0.4 is 0 Å². The van der Waals surface area contributed by atoms with Crippen molar-refractivity contribution in [1.29, 1.82) is 0 Å². The lowest BCUT2D eigenvalue weighted by Gasteiger charge is -2.26. The van der Waals surface area contributed by atoms with Gasteiger partial charge >= 0.3 is 5.97 Å². The van der Waals surface area contributed by atoms with Crippen molar-refractivity contribution in [2.45, 2.75) is 11.8 Å². The maximum absolute atomic E-state index is 12.1. The number of fused-ring (bicyclic) bond motifs is 1. The van der Waals surface area contributed by atoms with E-state index in [0.717, 1.165) is 4.90 Å². The van der Waals surface area contributed by atoms with Crippen LogP contribution in [0.15, 0.2) is 40.3 Å². The van der Waals surface area contributed by atoms with E-state index < -0.39 is 5.97 Å². The summed E-state index contributed by atoms with van der Waals surface area (Å²) in [7, 11) is 1.65. The molecule has 2 rings (SSSR count). The highest BCUT2D eigenvalue weighted by Gasteiger charge is 2.26. The maximum Gasteiger partial charge on any atom is 0.333 e. The third kappa shape index (κ3) is 2.41. The maximum atomic E-state index is 12.1. The molecule has 0 spiro atoms. The summed E-state index contributed by atoms with van der Waals surface area (Å²) < 4.78 is 4.85. The van der Waals surface area contributed by atoms with Gasteiger partial charge in [-0.1, -0.05) is 23.9 Å². The first-order valence-corrected chi connectivity index (χ1v) is 6.38. The summed E-state index contributed by atoms with van der Waals surface area (Å²) in [5.41, 5.74) is 0.658. The zero-order valence-electron chi connectivity index (χ0n) is 10.2. The van der Waals surface area contributed by atoms with Gasteiger partial charge in [-0.05, 0) is 19.1 Å². The molecule has 0 unspecified atom stereocenters.